The molecule has 166 valence electrons. The maximum absolute atomic E-state index is 10.7. The van der Waals surface area contributed by atoms with Gasteiger partial charge >= 0.3 is 0 Å². The molecule has 0 heterocycles. The normalized spacial score (nSPS) is 14.1. The van der Waals surface area contributed by atoms with Gasteiger partial charge in [0.2, 0.25) is 5.75 Å². The van der Waals surface area contributed by atoms with Crippen LogP contribution in [0.4, 0.5) is 0 Å². The van der Waals surface area contributed by atoms with Crippen molar-refractivity contribution in [2.75, 3.05) is 27.9 Å². The number of ether oxygens (including phenoxy) is 3. The largest absolute Gasteiger partial charge is 0.493 e. The number of hydrogen-bond acceptors (Lipinski definition) is 6. The number of methoxy groups -OCH3 is 3. The van der Waals surface area contributed by atoms with Gasteiger partial charge in [-0.25, -0.2) is 0 Å². The molecule has 3 N–H and O–H groups in total. The molecule has 0 saturated carbocycles. The Morgan fingerprint density at radius 1 is 0.839 bits per heavy atom. The van der Waals surface area contributed by atoms with Crippen LogP contribution in [0.5, 0.6) is 17.2 Å². The Morgan fingerprint density at radius 3 is 2.19 bits per heavy atom. The van der Waals surface area contributed by atoms with E-state index >= 15 is 0 Å². The predicted octanol–water partition coefficient (Wildman–Crippen LogP) is 4.00. The van der Waals surface area contributed by atoms with E-state index in [9.17, 15) is 10.2 Å². The number of fused-ring (bicyclic) bond motifs is 1. The van der Waals surface area contributed by atoms with Gasteiger partial charge in [-0.3, -0.25) is 0 Å². The average Bonchev–Trinajstić information content (AvgIpc) is 2.81. The van der Waals surface area contributed by atoms with Crippen molar-refractivity contribution in [3.8, 4) is 17.2 Å². The van der Waals surface area contributed by atoms with Gasteiger partial charge in [0.1, 0.15) is 0 Å². The standard InChI is InChI=1S/C25H31NO5/c1-16(23(28)17-8-6-5-7-9-17)26-13-12-21(27)18-10-11-20-19(14-18)15-22(29-2)25(31-4)24(20)30-3/h5-11,14-16,21,23,26-28H,12-13H2,1-4H3. The summed E-state index contributed by atoms with van der Waals surface area (Å²) in [5.41, 5.74) is 1.68. The maximum atomic E-state index is 10.7. The molecule has 0 aliphatic rings. The quantitative estimate of drug-likeness (QED) is 0.456. The van der Waals surface area contributed by atoms with E-state index in [0.29, 0.717) is 30.2 Å². The molecule has 3 atom stereocenters. The second-order valence-corrected chi connectivity index (χ2v) is 7.53. The average molecular weight is 426 g/mol. The molecule has 0 radical (unpaired) electrons. The zero-order valence-corrected chi connectivity index (χ0v) is 18.5. The summed E-state index contributed by atoms with van der Waals surface area (Å²) >= 11 is 0. The van der Waals surface area contributed by atoms with Crippen molar-refractivity contribution in [1.29, 1.82) is 0 Å². The molecule has 0 saturated heterocycles. The SMILES string of the molecule is COc1cc2cc(C(O)CCNC(C)C(O)c3ccccc3)ccc2c(OC)c1OC. The van der Waals surface area contributed by atoms with Crippen LogP contribution in [0.3, 0.4) is 0 Å². The maximum Gasteiger partial charge on any atom is 0.203 e. The van der Waals surface area contributed by atoms with E-state index in [-0.39, 0.29) is 6.04 Å². The summed E-state index contributed by atoms with van der Waals surface area (Å²) in [5.74, 6) is 1.72. The van der Waals surface area contributed by atoms with Crippen LogP contribution < -0.4 is 19.5 Å². The van der Waals surface area contributed by atoms with Crippen LogP contribution >= 0.6 is 0 Å². The summed E-state index contributed by atoms with van der Waals surface area (Å²) in [5, 5.41) is 26.3. The van der Waals surface area contributed by atoms with E-state index in [2.05, 4.69) is 5.32 Å². The Balaban J connectivity index is 1.69. The fraction of sp³-hybridized carbons (Fsp3) is 0.360. The van der Waals surface area contributed by atoms with Crippen molar-refractivity contribution in [3.63, 3.8) is 0 Å². The van der Waals surface area contributed by atoms with Gasteiger partial charge in [0.15, 0.2) is 11.5 Å². The van der Waals surface area contributed by atoms with Gasteiger partial charge in [-0.2, -0.15) is 0 Å². The smallest absolute Gasteiger partial charge is 0.203 e. The van der Waals surface area contributed by atoms with Crippen LogP contribution in [-0.2, 0) is 0 Å². The predicted molar refractivity (Wildman–Crippen MR) is 122 cm³/mol. The Kier molecular flexibility index (Phi) is 7.74. The van der Waals surface area contributed by atoms with Gasteiger partial charge in [-0.1, -0.05) is 42.5 Å². The zero-order chi connectivity index (χ0) is 22.4. The lowest BCUT2D eigenvalue weighted by Crippen LogP contribution is -2.33. The Hall–Kier alpha value is -2.80. The first-order chi connectivity index (χ1) is 15.0. The highest BCUT2D eigenvalue weighted by molar-refractivity contribution is 5.93. The molecule has 0 amide bonds. The van der Waals surface area contributed by atoms with E-state index < -0.39 is 12.2 Å². The van der Waals surface area contributed by atoms with E-state index in [4.69, 9.17) is 14.2 Å². The first-order valence-electron chi connectivity index (χ1n) is 10.4. The Morgan fingerprint density at radius 2 is 1.55 bits per heavy atom. The fourth-order valence-corrected chi connectivity index (χ4v) is 3.77. The van der Waals surface area contributed by atoms with Crippen molar-refractivity contribution >= 4 is 10.8 Å². The molecule has 3 rings (SSSR count). The van der Waals surface area contributed by atoms with Gasteiger partial charge in [0.05, 0.1) is 33.5 Å². The molecule has 3 aromatic rings. The molecule has 0 spiro atoms. The minimum atomic E-state index is -0.642. The summed E-state index contributed by atoms with van der Waals surface area (Å²) in [7, 11) is 4.75. The van der Waals surface area contributed by atoms with E-state index in [0.717, 1.165) is 21.9 Å². The fourth-order valence-electron chi connectivity index (χ4n) is 3.77. The van der Waals surface area contributed by atoms with E-state index in [1.807, 2.05) is 61.5 Å². The molecule has 0 bridgehead atoms. The Bertz CT molecular complexity index is 992. The summed E-state index contributed by atoms with van der Waals surface area (Å²) in [6, 6.07) is 17.1. The molecule has 0 aromatic heterocycles. The lowest BCUT2D eigenvalue weighted by Gasteiger charge is -2.22. The number of hydrogen-bond donors (Lipinski definition) is 3. The first-order valence-corrected chi connectivity index (χ1v) is 10.4. The molecule has 6 heteroatoms. The van der Waals surface area contributed by atoms with Gasteiger partial charge in [0, 0.05) is 11.4 Å². The Labute approximate surface area is 183 Å². The highest BCUT2D eigenvalue weighted by atomic mass is 16.5. The molecule has 0 aliphatic carbocycles. The van der Waals surface area contributed by atoms with Crippen molar-refractivity contribution in [1.82, 2.24) is 5.32 Å². The molecule has 0 aliphatic heterocycles. The second-order valence-electron chi connectivity index (χ2n) is 7.53. The highest BCUT2D eigenvalue weighted by Crippen LogP contribution is 2.43. The number of rotatable bonds is 10. The zero-order valence-electron chi connectivity index (χ0n) is 18.5. The minimum absolute atomic E-state index is 0.132. The molecule has 3 unspecified atom stereocenters. The summed E-state index contributed by atoms with van der Waals surface area (Å²) in [6.45, 7) is 2.51. The van der Waals surface area contributed by atoms with E-state index in [1.54, 1.807) is 21.3 Å². The monoisotopic (exact) mass is 425 g/mol. The second kappa shape index (κ2) is 10.5. The third-order valence-corrected chi connectivity index (χ3v) is 5.55. The van der Waals surface area contributed by atoms with Crippen molar-refractivity contribution in [2.45, 2.75) is 31.6 Å². The molecular formula is C25H31NO5. The lowest BCUT2D eigenvalue weighted by molar-refractivity contribution is 0.127. The minimum Gasteiger partial charge on any atom is -0.493 e. The van der Waals surface area contributed by atoms with Crippen LogP contribution in [0.1, 0.15) is 36.7 Å². The van der Waals surface area contributed by atoms with Crippen LogP contribution in [0, 0.1) is 0 Å². The molecule has 6 nitrogen and oxygen atoms in total. The van der Waals surface area contributed by atoms with E-state index in [1.165, 1.54) is 0 Å². The van der Waals surface area contributed by atoms with Gasteiger partial charge in [-0.05, 0) is 48.5 Å². The number of nitrogens with one attached hydrogen (secondary N) is 1. The van der Waals surface area contributed by atoms with Crippen molar-refractivity contribution in [3.05, 3.63) is 65.7 Å². The summed E-state index contributed by atoms with van der Waals surface area (Å²) in [6.07, 6.45) is -0.729. The molecule has 0 fully saturated rings. The topological polar surface area (TPSA) is 80.2 Å². The summed E-state index contributed by atoms with van der Waals surface area (Å²) in [4.78, 5) is 0. The van der Waals surface area contributed by atoms with Crippen molar-refractivity contribution in [2.24, 2.45) is 0 Å². The van der Waals surface area contributed by atoms with Gasteiger partial charge < -0.3 is 29.7 Å². The van der Waals surface area contributed by atoms with Crippen LogP contribution in [0.2, 0.25) is 0 Å². The lowest BCUT2D eigenvalue weighted by atomic mass is 10.00. The van der Waals surface area contributed by atoms with Crippen LogP contribution in [0.15, 0.2) is 54.6 Å². The molecular weight excluding hydrogens is 394 g/mol. The molecule has 31 heavy (non-hydrogen) atoms. The van der Waals surface area contributed by atoms with Gasteiger partial charge in [0.25, 0.3) is 0 Å². The van der Waals surface area contributed by atoms with Crippen LogP contribution in [0.25, 0.3) is 10.8 Å². The first kappa shape index (κ1) is 22.9. The third-order valence-electron chi connectivity index (χ3n) is 5.55. The number of aliphatic hydroxyl groups is 2. The number of benzene rings is 3. The van der Waals surface area contributed by atoms with Crippen LogP contribution in [-0.4, -0.2) is 44.1 Å². The highest BCUT2D eigenvalue weighted by Gasteiger charge is 2.19. The summed E-state index contributed by atoms with van der Waals surface area (Å²) < 4.78 is 16.4. The molecule has 3 aromatic carbocycles. The van der Waals surface area contributed by atoms with Gasteiger partial charge in [-0.15, -0.1) is 0 Å². The number of aliphatic hydroxyl groups excluding tert-OH is 2. The van der Waals surface area contributed by atoms with Crippen molar-refractivity contribution < 1.29 is 24.4 Å². The third kappa shape index (κ3) is 5.10.